The van der Waals surface area contributed by atoms with Gasteiger partial charge >= 0.3 is 12.1 Å². The number of amides is 3. The number of urea groups is 1. The first-order chi connectivity index (χ1) is 14.4. The van der Waals surface area contributed by atoms with Crippen molar-refractivity contribution < 1.29 is 19.1 Å². The number of para-hydroxylation sites is 1. The summed E-state index contributed by atoms with van der Waals surface area (Å²) in [6, 6.07) is 11.6. The van der Waals surface area contributed by atoms with Crippen LogP contribution in [0.4, 0.5) is 21.0 Å². The summed E-state index contributed by atoms with van der Waals surface area (Å²) in [5.41, 5.74) is 0.757. The summed E-state index contributed by atoms with van der Waals surface area (Å²) in [7, 11) is 0. The molecule has 3 amide bonds. The Hall–Kier alpha value is -2.93. The fraction of sp³-hybridized carbons (Fsp3) is 0.391. The molecule has 2 aromatic rings. The Morgan fingerprint density at radius 1 is 1.13 bits per heavy atom. The molecule has 0 saturated carbocycles. The van der Waals surface area contributed by atoms with Crippen LogP contribution in [0.3, 0.4) is 0 Å². The van der Waals surface area contributed by atoms with E-state index in [1.165, 1.54) is 0 Å². The lowest BCUT2D eigenvalue weighted by Crippen LogP contribution is -2.42. The van der Waals surface area contributed by atoms with E-state index in [1.807, 2.05) is 13.8 Å². The molecule has 8 heteroatoms. The second kappa shape index (κ2) is 8.67. The van der Waals surface area contributed by atoms with Crippen molar-refractivity contribution in [1.29, 1.82) is 0 Å². The standard InChI is InChI=1S/C23H28ClN3O4/c1-22(2,3)31-21(29)25-14-10-11-19-15(12-14)18(13-23(4,5)30-19)27-20(28)26-17-9-7-6-8-16(17)24/h6-12,18H,13H2,1-5H3,(H,25,29)(H2,26,27,28)/t18-/m1/s1. The van der Waals surface area contributed by atoms with Gasteiger partial charge < -0.3 is 20.1 Å². The number of benzene rings is 2. The topological polar surface area (TPSA) is 88.7 Å². The lowest BCUT2D eigenvalue weighted by Gasteiger charge is -2.38. The summed E-state index contributed by atoms with van der Waals surface area (Å²) < 4.78 is 11.4. The summed E-state index contributed by atoms with van der Waals surface area (Å²) in [6.07, 6.45) is -0.00303. The van der Waals surface area contributed by atoms with Gasteiger partial charge in [0.1, 0.15) is 17.0 Å². The molecule has 0 saturated heterocycles. The maximum absolute atomic E-state index is 12.7. The number of hydrogen-bond donors (Lipinski definition) is 3. The largest absolute Gasteiger partial charge is 0.487 e. The predicted molar refractivity (Wildman–Crippen MR) is 122 cm³/mol. The minimum atomic E-state index is -0.605. The molecule has 7 nitrogen and oxygen atoms in total. The van der Waals surface area contributed by atoms with Crippen molar-refractivity contribution in [2.45, 2.75) is 58.3 Å². The van der Waals surface area contributed by atoms with Crippen molar-refractivity contribution >= 4 is 35.1 Å². The molecule has 0 bridgehead atoms. The molecule has 1 aliphatic heterocycles. The van der Waals surface area contributed by atoms with Crippen molar-refractivity contribution in [2.24, 2.45) is 0 Å². The molecule has 0 unspecified atom stereocenters. The van der Waals surface area contributed by atoms with Gasteiger partial charge in [-0.1, -0.05) is 23.7 Å². The second-order valence-electron chi connectivity index (χ2n) is 9.08. The number of carbonyl (C=O) groups is 2. The molecule has 0 radical (unpaired) electrons. The summed E-state index contributed by atoms with van der Waals surface area (Å²) in [5, 5.41) is 8.95. The minimum Gasteiger partial charge on any atom is -0.487 e. The Labute approximate surface area is 187 Å². The molecule has 31 heavy (non-hydrogen) atoms. The zero-order chi connectivity index (χ0) is 22.8. The fourth-order valence-electron chi connectivity index (χ4n) is 3.36. The van der Waals surface area contributed by atoms with E-state index < -0.39 is 17.3 Å². The number of anilines is 2. The fourth-order valence-corrected chi connectivity index (χ4v) is 3.54. The van der Waals surface area contributed by atoms with Crippen LogP contribution in [0.5, 0.6) is 5.75 Å². The van der Waals surface area contributed by atoms with E-state index in [0.29, 0.717) is 28.6 Å². The molecule has 1 heterocycles. The number of nitrogens with one attached hydrogen (secondary N) is 3. The molecule has 0 aromatic heterocycles. The zero-order valence-corrected chi connectivity index (χ0v) is 19.1. The molecule has 3 N–H and O–H groups in total. The smallest absolute Gasteiger partial charge is 0.412 e. The van der Waals surface area contributed by atoms with Crippen LogP contribution in [0.2, 0.25) is 5.02 Å². The van der Waals surface area contributed by atoms with Crippen molar-refractivity contribution in [1.82, 2.24) is 5.32 Å². The van der Waals surface area contributed by atoms with Gasteiger partial charge in [0.15, 0.2) is 0 Å². The van der Waals surface area contributed by atoms with Crippen LogP contribution >= 0.6 is 11.6 Å². The third kappa shape index (κ3) is 6.28. The molecule has 1 atom stereocenters. The van der Waals surface area contributed by atoms with E-state index in [4.69, 9.17) is 21.1 Å². The van der Waals surface area contributed by atoms with E-state index in [9.17, 15) is 9.59 Å². The van der Waals surface area contributed by atoms with Crippen molar-refractivity contribution in [3.05, 3.63) is 53.1 Å². The quantitative estimate of drug-likeness (QED) is 0.531. The monoisotopic (exact) mass is 445 g/mol. The van der Waals surface area contributed by atoms with E-state index in [1.54, 1.807) is 63.2 Å². The van der Waals surface area contributed by atoms with Gasteiger partial charge in [0.2, 0.25) is 0 Å². The van der Waals surface area contributed by atoms with Crippen molar-refractivity contribution in [3.8, 4) is 5.75 Å². The Balaban J connectivity index is 1.79. The maximum atomic E-state index is 12.7. The zero-order valence-electron chi connectivity index (χ0n) is 18.3. The van der Waals surface area contributed by atoms with Gasteiger partial charge in [-0.15, -0.1) is 0 Å². The Morgan fingerprint density at radius 3 is 2.52 bits per heavy atom. The number of ether oxygens (including phenoxy) is 2. The van der Waals surface area contributed by atoms with Crippen LogP contribution in [0.15, 0.2) is 42.5 Å². The Morgan fingerprint density at radius 2 is 1.84 bits per heavy atom. The van der Waals surface area contributed by atoms with E-state index in [-0.39, 0.29) is 12.1 Å². The first-order valence-corrected chi connectivity index (χ1v) is 10.4. The molecule has 0 aliphatic carbocycles. The molecule has 166 valence electrons. The van der Waals surface area contributed by atoms with Crippen molar-refractivity contribution in [2.75, 3.05) is 10.6 Å². The van der Waals surface area contributed by atoms with Crippen LogP contribution in [-0.4, -0.2) is 23.3 Å². The number of hydrogen-bond acceptors (Lipinski definition) is 4. The van der Waals surface area contributed by atoms with E-state index in [0.717, 1.165) is 5.56 Å². The van der Waals surface area contributed by atoms with Gasteiger partial charge in [0.25, 0.3) is 0 Å². The second-order valence-corrected chi connectivity index (χ2v) is 9.48. The maximum Gasteiger partial charge on any atom is 0.412 e. The van der Waals surface area contributed by atoms with Crippen LogP contribution in [0, 0.1) is 0 Å². The normalized spacial score (nSPS) is 17.0. The molecule has 1 aliphatic rings. The lowest BCUT2D eigenvalue weighted by atomic mass is 9.89. The van der Waals surface area contributed by atoms with Gasteiger partial charge in [0.05, 0.1) is 16.8 Å². The third-order valence-electron chi connectivity index (χ3n) is 4.54. The number of carbonyl (C=O) groups excluding carboxylic acids is 2. The van der Waals surface area contributed by atoms with Gasteiger partial charge in [-0.2, -0.15) is 0 Å². The van der Waals surface area contributed by atoms with E-state index in [2.05, 4.69) is 16.0 Å². The Bertz CT molecular complexity index is 985. The SMILES string of the molecule is CC(C)(C)OC(=O)Nc1ccc2c(c1)[C@H](NC(=O)Nc1ccccc1Cl)CC(C)(C)O2. The number of fused-ring (bicyclic) bond motifs is 1. The lowest BCUT2D eigenvalue weighted by molar-refractivity contribution is 0.0631. The molecular weight excluding hydrogens is 418 g/mol. The van der Waals surface area contributed by atoms with E-state index >= 15 is 0 Å². The van der Waals surface area contributed by atoms with Crippen LogP contribution in [0.1, 0.15) is 52.6 Å². The van der Waals surface area contributed by atoms with Gasteiger partial charge in [-0.25, -0.2) is 9.59 Å². The average molecular weight is 446 g/mol. The highest BCUT2D eigenvalue weighted by Gasteiger charge is 2.35. The average Bonchev–Trinajstić information content (AvgIpc) is 2.62. The van der Waals surface area contributed by atoms with Gasteiger partial charge in [-0.3, -0.25) is 5.32 Å². The third-order valence-corrected chi connectivity index (χ3v) is 4.87. The molecule has 3 rings (SSSR count). The molecule has 0 spiro atoms. The first-order valence-electron chi connectivity index (χ1n) is 10.1. The van der Waals surface area contributed by atoms with Gasteiger partial charge in [-0.05, 0) is 65.0 Å². The summed E-state index contributed by atoms with van der Waals surface area (Å²) in [6.45, 7) is 9.32. The minimum absolute atomic E-state index is 0.332. The summed E-state index contributed by atoms with van der Waals surface area (Å²) >= 11 is 6.14. The number of rotatable bonds is 3. The number of halogens is 1. The molecular formula is C23H28ClN3O4. The highest BCUT2D eigenvalue weighted by molar-refractivity contribution is 6.33. The summed E-state index contributed by atoms with van der Waals surface area (Å²) in [4.78, 5) is 24.8. The van der Waals surface area contributed by atoms with Crippen LogP contribution in [-0.2, 0) is 4.74 Å². The van der Waals surface area contributed by atoms with Crippen molar-refractivity contribution in [3.63, 3.8) is 0 Å². The van der Waals surface area contributed by atoms with Gasteiger partial charge in [0, 0.05) is 17.7 Å². The first kappa shape index (κ1) is 22.7. The molecule has 2 aromatic carbocycles. The molecule has 0 fully saturated rings. The highest BCUT2D eigenvalue weighted by atomic mass is 35.5. The Kier molecular flexibility index (Phi) is 6.36. The summed E-state index contributed by atoms with van der Waals surface area (Å²) in [5.74, 6) is 0.647. The predicted octanol–water partition coefficient (Wildman–Crippen LogP) is 6.11. The van der Waals surface area contributed by atoms with Crippen LogP contribution < -0.4 is 20.7 Å². The van der Waals surface area contributed by atoms with Crippen LogP contribution in [0.25, 0.3) is 0 Å². The highest BCUT2D eigenvalue weighted by Crippen LogP contribution is 2.41.